The van der Waals surface area contributed by atoms with Crippen LogP contribution in [0.15, 0.2) is 164 Å². The first kappa shape index (κ1) is 40.0. The lowest BCUT2D eigenvalue weighted by Gasteiger charge is -2.47. The van der Waals surface area contributed by atoms with Crippen molar-refractivity contribution in [3.63, 3.8) is 0 Å². The van der Waals surface area contributed by atoms with Crippen molar-refractivity contribution >= 4 is 5.97 Å². The SMILES string of the molecule is CO[C@H]1O[C@H](COCc2ccccc2)[C@@H](O[C@@H]2OC=C[C@H](OCc3ccccc3)[C@H]2OC(=O)c2ccccc2)[C@H](OCc2ccccc2)[C@H]1OCc1ccccc1. The van der Waals surface area contributed by atoms with Gasteiger partial charge in [-0.15, -0.1) is 0 Å². The van der Waals surface area contributed by atoms with E-state index in [1.807, 2.05) is 127 Å². The fourth-order valence-electron chi connectivity index (χ4n) is 6.75. The summed E-state index contributed by atoms with van der Waals surface area (Å²) >= 11 is 0. The van der Waals surface area contributed by atoms with Crippen LogP contribution in [0.4, 0.5) is 0 Å². The lowest BCUT2D eigenvalue weighted by molar-refractivity contribution is -0.345. The van der Waals surface area contributed by atoms with Gasteiger partial charge in [0, 0.05) is 7.11 Å². The molecular formula is C47H48O10. The van der Waals surface area contributed by atoms with E-state index in [4.69, 9.17) is 42.6 Å². The summed E-state index contributed by atoms with van der Waals surface area (Å²) in [5.74, 6) is -0.551. The monoisotopic (exact) mass is 772 g/mol. The molecule has 0 unspecified atom stereocenters. The predicted molar refractivity (Wildman–Crippen MR) is 211 cm³/mol. The molecule has 5 aromatic carbocycles. The summed E-state index contributed by atoms with van der Waals surface area (Å²) in [7, 11) is 1.57. The minimum atomic E-state index is -1.15. The molecule has 10 heteroatoms. The Hall–Kier alpha value is -5.17. The second-order valence-electron chi connectivity index (χ2n) is 13.7. The smallest absolute Gasteiger partial charge is 0.338 e. The Morgan fingerprint density at radius 3 is 1.58 bits per heavy atom. The molecule has 0 aliphatic carbocycles. The number of methoxy groups -OCH3 is 1. The average Bonchev–Trinajstić information content (AvgIpc) is 3.27. The van der Waals surface area contributed by atoms with Gasteiger partial charge in [-0.25, -0.2) is 4.79 Å². The third-order valence-corrected chi connectivity index (χ3v) is 9.69. The molecule has 0 bridgehead atoms. The predicted octanol–water partition coefficient (Wildman–Crippen LogP) is 7.81. The van der Waals surface area contributed by atoms with Gasteiger partial charge in [0.2, 0.25) is 6.29 Å². The van der Waals surface area contributed by atoms with Crippen molar-refractivity contribution in [3.8, 4) is 0 Å². The molecule has 1 fully saturated rings. The molecule has 2 aliphatic rings. The Kier molecular flexibility index (Phi) is 14.6. The molecule has 0 amide bonds. The zero-order valence-electron chi connectivity index (χ0n) is 31.8. The summed E-state index contributed by atoms with van der Waals surface area (Å²) < 4.78 is 58.0. The molecule has 8 atom stereocenters. The minimum Gasteiger partial charge on any atom is -0.469 e. The van der Waals surface area contributed by atoms with Crippen LogP contribution in [0.1, 0.15) is 32.6 Å². The van der Waals surface area contributed by atoms with Crippen molar-refractivity contribution in [1.29, 1.82) is 0 Å². The molecule has 10 nitrogen and oxygen atoms in total. The standard InChI is InChI=1S/C47H48O10/c1-49-46-44(54-32-37-23-13-5-14-24-37)43(53-31-36-21-11-4-12-22-36)41(40(55-46)33-50-29-34-17-7-2-8-18-34)57-47-42(56-45(48)38-25-15-6-16-26-38)39(27-28-51-47)52-30-35-19-9-3-10-20-35/h2-28,39-44,46-47H,29-33H2,1H3/t39-,40+,41+,42+,43-,44+,46-,47-/m0/s1. The first-order chi connectivity index (χ1) is 28.1. The maximum atomic E-state index is 13.7. The van der Waals surface area contributed by atoms with Crippen LogP contribution in [0.25, 0.3) is 0 Å². The fourth-order valence-corrected chi connectivity index (χ4v) is 6.75. The van der Waals surface area contributed by atoms with Gasteiger partial charge in [-0.05, 0) is 40.5 Å². The second kappa shape index (κ2) is 20.8. The number of esters is 1. The number of hydrogen-bond donors (Lipinski definition) is 0. The highest BCUT2D eigenvalue weighted by molar-refractivity contribution is 5.89. The normalized spacial score (nSPS) is 24.4. The fraction of sp³-hybridized carbons (Fsp3) is 0.298. The van der Waals surface area contributed by atoms with E-state index in [1.54, 1.807) is 37.5 Å². The minimum absolute atomic E-state index is 0.112. The molecule has 0 aromatic heterocycles. The summed E-state index contributed by atoms with van der Waals surface area (Å²) in [4.78, 5) is 13.7. The molecular weight excluding hydrogens is 725 g/mol. The van der Waals surface area contributed by atoms with Crippen LogP contribution in [-0.4, -0.2) is 68.9 Å². The van der Waals surface area contributed by atoms with Crippen molar-refractivity contribution in [2.24, 2.45) is 0 Å². The quantitative estimate of drug-likeness (QED) is 0.0821. The van der Waals surface area contributed by atoms with Crippen molar-refractivity contribution in [3.05, 3.63) is 192 Å². The lowest BCUT2D eigenvalue weighted by atomic mass is 9.97. The summed E-state index contributed by atoms with van der Waals surface area (Å²) in [6.07, 6.45) is -3.67. The van der Waals surface area contributed by atoms with Gasteiger partial charge in [0.05, 0.1) is 44.9 Å². The Morgan fingerprint density at radius 2 is 1.04 bits per heavy atom. The third kappa shape index (κ3) is 11.2. The van der Waals surface area contributed by atoms with Gasteiger partial charge in [0.15, 0.2) is 12.4 Å². The van der Waals surface area contributed by atoms with Crippen LogP contribution in [0.2, 0.25) is 0 Å². The average molecular weight is 773 g/mol. The van der Waals surface area contributed by atoms with Crippen molar-refractivity contribution in [2.45, 2.75) is 75.6 Å². The van der Waals surface area contributed by atoms with E-state index >= 15 is 0 Å². The van der Waals surface area contributed by atoms with Gasteiger partial charge in [0.25, 0.3) is 0 Å². The van der Waals surface area contributed by atoms with Gasteiger partial charge in [-0.2, -0.15) is 0 Å². The number of benzene rings is 5. The van der Waals surface area contributed by atoms with Crippen LogP contribution in [-0.2, 0) is 69.1 Å². The van der Waals surface area contributed by atoms with Crippen LogP contribution in [0, 0.1) is 0 Å². The highest BCUT2D eigenvalue weighted by atomic mass is 16.8. The van der Waals surface area contributed by atoms with E-state index in [2.05, 4.69) is 0 Å². The van der Waals surface area contributed by atoms with Gasteiger partial charge in [-0.3, -0.25) is 0 Å². The third-order valence-electron chi connectivity index (χ3n) is 9.69. The van der Waals surface area contributed by atoms with Crippen LogP contribution < -0.4 is 0 Å². The topological polar surface area (TPSA) is 100 Å². The molecule has 296 valence electrons. The van der Waals surface area contributed by atoms with Crippen molar-refractivity contribution < 1.29 is 47.4 Å². The summed E-state index contributed by atoms with van der Waals surface area (Å²) in [6, 6.07) is 48.1. The number of carbonyl (C=O) groups is 1. The number of carbonyl (C=O) groups excluding carboxylic acids is 1. The maximum absolute atomic E-state index is 13.7. The van der Waals surface area contributed by atoms with E-state index < -0.39 is 55.2 Å². The molecule has 7 rings (SSSR count). The molecule has 2 heterocycles. The molecule has 0 saturated carbocycles. The maximum Gasteiger partial charge on any atom is 0.338 e. The number of rotatable bonds is 18. The van der Waals surface area contributed by atoms with Crippen molar-refractivity contribution in [1.82, 2.24) is 0 Å². The molecule has 0 N–H and O–H groups in total. The zero-order chi connectivity index (χ0) is 39.1. The van der Waals surface area contributed by atoms with Crippen LogP contribution in [0.3, 0.4) is 0 Å². The van der Waals surface area contributed by atoms with Crippen molar-refractivity contribution in [2.75, 3.05) is 13.7 Å². The highest BCUT2D eigenvalue weighted by Crippen LogP contribution is 2.34. The molecule has 0 spiro atoms. The number of ether oxygens (including phenoxy) is 9. The Bertz CT molecular complexity index is 1930. The Balaban J connectivity index is 1.21. The lowest BCUT2D eigenvalue weighted by Crippen LogP contribution is -2.63. The number of hydrogen-bond acceptors (Lipinski definition) is 10. The summed E-state index contributed by atoms with van der Waals surface area (Å²) in [5, 5.41) is 0. The largest absolute Gasteiger partial charge is 0.469 e. The second-order valence-corrected chi connectivity index (χ2v) is 13.7. The molecule has 0 radical (unpaired) electrons. The molecule has 1 saturated heterocycles. The summed E-state index contributed by atoms with van der Waals surface area (Å²) in [6.45, 7) is 1.21. The van der Waals surface area contributed by atoms with Crippen LogP contribution >= 0.6 is 0 Å². The zero-order valence-corrected chi connectivity index (χ0v) is 31.8. The first-order valence-electron chi connectivity index (χ1n) is 19.1. The van der Waals surface area contributed by atoms with E-state index in [1.165, 1.54) is 6.26 Å². The van der Waals surface area contributed by atoms with Gasteiger partial charge in [-0.1, -0.05) is 140 Å². The molecule has 2 aliphatic heterocycles. The van der Waals surface area contributed by atoms with E-state index in [0.29, 0.717) is 12.2 Å². The van der Waals surface area contributed by atoms with E-state index in [9.17, 15) is 4.79 Å². The van der Waals surface area contributed by atoms with Crippen LogP contribution in [0.5, 0.6) is 0 Å². The Morgan fingerprint density at radius 1 is 0.544 bits per heavy atom. The van der Waals surface area contributed by atoms with Gasteiger partial charge < -0.3 is 42.6 Å². The summed E-state index contributed by atoms with van der Waals surface area (Å²) in [5.41, 5.74) is 4.25. The van der Waals surface area contributed by atoms with E-state index in [-0.39, 0.29) is 26.4 Å². The van der Waals surface area contributed by atoms with E-state index in [0.717, 1.165) is 22.3 Å². The molecule has 5 aromatic rings. The van der Waals surface area contributed by atoms with Gasteiger partial charge in [0.1, 0.15) is 30.5 Å². The highest BCUT2D eigenvalue weighted by Gasteiger charge is 2.51. The molecule has 57 heavy (non-hydrogen) atoms. The van der Waals surface area contributed by atoms with Gasteiger partial charge >= 0.3 is 5.97 Å². The Labute approximate surface area is 333 Å². The first-order valence-corrected chi connectivity index (χ1v) is 19.1.